The summed E-state index contributed by atoms with van der Waals surface area (Å²) in [5.74, 6) is -2.13. The van der Waals surface area contributed by atoms with Crippen LogP contribution in [0.15, 0.2) is 42.5 Å². The number of benzene rings is 2. The van der Waals surface area contributed by atoms with Crippen LogP contribution in [0.3, 0.4) is 0 Å². The van der Waals surface area contributed by atoms with E-state index in [1.165, 1.54) is 17.2 Å². The number of amides is 1. The molecule has 0 aliphatic carbocycles. The molecular weight excluding hydrogens is 310 g/mol. The minimum Gasteiger partial charge on any atom is -0.326 e. The van der Waals surface area contributed by atoms with Gasteiger partial charge in [-0.2, -0.15) is 0 Å². The van der Waals surface area contributed by atoms with E-state index in [-0.39, 0.29) is 18.0 Å². The van der Waals surface area contributed by atoms with Crippen LogP contribution in [0, 0.1) is 11.6 Å². The quantitative estimate of drug-likeness (QED) is 0.831. The molecule has 0 aromatic heterocycles. The zero-order valence-electron chi connectivity index (χ0n) is 14.0. The zero-order chi connectivity index (χ0) is 17.5. The van der Waals surface area contributed by atoms with Crippen molar-refractivity contribution in [2.45, 2.75) is 26.3 Å². The Morgan fingerprint density at radius 3 is 2.33 bits per heavy atom. The second-order valence-corrected chi connectivity index (χ2v) is 5.83. The van der Waals surface area contributed by atoms with Gasteiger partial charge in [-0.3, -0.25) is 4.79 Å². The van der Waals surface area contributed by atoms with E-state index in [9.17, 15) is 13.6 Å². The van der Waals surface area contributed by atoms with E-state index in [0.29, 0.717) is 6.54 Å². The summed E-state index contributed by atoms with van der Waals surface area (Å²) in [6.45, 7) is 3.44. The smallest absolute Gasteiger partial charge is 0.225 e. The Morgan fingerprint density at radius 2 is 1.71 bits per heavy atom. The van der Waals surface area contributed by atoms with E-state index in [4.69, 9.17) is 0 Å². The van der Waals surface area contributed by atoms with Gasteiger partial charge < -0.3 is 10.2 Å². The van der Waals surface area contributed by atoms with Gasteiger partial charge in [0.15, 0.2) is 11.6 Å². The van der Waals surface area contributed by atoms with Gasteiger partial charge in [0.05, 0.1) is 0 Å². The van der Waals surface area contributed by atoms with Crippen LogP contribution in [0.1, 0.15) is 24.5 Å². The number of halogens is 2. The Kier molecular flexibility index (Phi) is 6.44. The first-order valence-corrected chi connectivity index (χ1v) is 7.99. The molecule has 2 aromatic carbocycles. The van der Waals surface area contributed by atoms with E-state index in [0.717, 1.165) is 25.1 Å². The lowest BCUT2D eigenvalue weighted by atomic mass is 10.1. The van der Waals surface area contributed by atoms with Gasteiger partial charge in [0.25, 0.3) is 0 Å². The molecule has 0 saturated heterocycles. The maximum atomic E-state index is 13.1. The topological polar surface area (TPSA) is 32.3 Å². The van der Waals surface area contributed by atoms with Gasteiger partial charge in [0.2, 0.25) is 5.91 Å². The van der Waals surface area contributed by atoms with E-state index >= 15 is 0 Å². The maximum Gasteiger partial charge on any atom is 0.225 e. The molecule has 3 nitrogen and oxygen atoms in total. The molecule has 0 bridgehead atoms. The molecule has 0 unspecified atom stereocenters. The molecule has 0 radical (unpaired) electrons. The minimum atomic E-state index is -0.972. The number of nitrogens with one attached hydrogen (secondary N) is 1. The summed E-state index contributed by atoms with van der Waals surface area (Å²) in [5.41, 5.74) is 2.75. The van der Waals surface area contributed by atoms with Crippen molar-refractivity contribution < 1.29 is 13.6 Å². The van der Waals surface area contributed by atoms with E-state index in [1.54, 1.807) is 0 Å². The van der Waals surface area contributed by atoms with Crippen LogP contribution in [-0.2, 0) is 17.8 Å². The van der Waals surface area contributed by atoms with Crippen LogP contribution in [0.5, 0.6) is 0 Å². The monoisotopic (exact) mass is 332 g/mol. The Hall–Kier alpha value is -2.27. The molecule has 0 aliphatic heterocycles. The van der Waals surface area contributed by atoms with Crippen LogP contribution in [0.25, 0.3) is 0 Å². The van der Waals surface area contributed by atoms with Crippen molar-refractivity contribution in [3.8, 4) is 0 Å². The number of anilines is 1. The molecule has 2 rings (SSSR count). The largest absolute Gasteiger partial charge is 0.326 e. The molecule has 0 spiro atoms. The second-order valence-electron chi connectivity index (χ2n) is 5.83. The van der Waals surface area contributed by atoms with Gasteiger partial charge in [-0.25, -0.2) is 8.78 Å². The van der Waals surface area contributed by atoms with Crippen LogP contribution in [-0.4, -0.2) is 24.4 Å². The molecule has 2 aromatic rings. The lowest BCUT2D eigenvalue weighted by Crippen LogP contribution is -2.24. The summed E-state index contributed by atoms with van der Waals surface area (Å²) >= 11 is 0. The first-order valence-electron chi connectivity index (χ1n) is 7.99. The lowest BCUT2D eigenvalue weighted by Gasteiger charge is -2.16. The highest BCUT2D eigenvalue weighted by molar-refractivity contribution is 5.90. The summed E-state index contributed by atoms with van der Waals surface area (Å²) in [7, 11) is 1.94. The Bertz CT molecular complexity index is 686. The fraction of sp³-hybridized carbons (Fsp3) is 0.316. The SMILES string of the molecule is CCc1ccc(CN(C)CCC(=O)Nc2ccc(F)c(F)c2)cc1. The Balaban J connectivity index is 1.78. The highest BCUT2D eigenvalue weighted by Gasteiger charge is 2.08. The number of carbonyl (C=O) groups excluding carboxylic acids is 1. The fourth-order valence-electron chi connectivity index (χ4n) is 2.36. The normalized spacial score (nSPS) is 10.9. The van der Waals surface area contributed by atoms with Crippen LogP contribution in [0.2, 0.25) is 0 Å². The van der Waals surface area contributed by atoms with Gasteiger partial charge in [-0.05, 0) is 36.7 Å². The van der Waals surface area contributed by atoms with Crippen molar-refractivity contribution in [3.63, 3.8) is 0 Å². The molecule has 128 valence electrons. The first kappa shape index (κ1) is 18.1. The highest BCUT2D eigenvalue weighted by atomic mass is 19.2. The maximum absolute atomic E-state index is 13.1. The zero-order valence-corrected chi connectivity index (χ0v) is 14.0. The summed E-state index contributed by atoms with van der Waals surface area (Å²) in [6, 6.07) is 11.7. The lowest BCUT2D eigenvalue weighted by molar-refractivity contribution is -0.116. The number of rotatable bonds is 7. The standard InChI is InChI=1S/C19H22F2N2O/c1-3-14-4-6-15(7-5-14)13-23(2)11-10-19(24)22-16-8-9-17(20)18(21)12-16/h4-9,12H,3,10-11,13H2,1-2H3,(H,22,24). The predicted molar refractivity (Wildman–Crippen MR) is 91.8 cm³/mol. The first-order chi connectivity index (χ1) is 11.5. The van der Waals surface area contributed by atoms with E-state index in [1.807, 2.05) is 11.9 Å². The van der Waals surface area contributed by atoms with Gasteiger partial charge >= 0.3 is 0 Å². The average Bonchev–Trinajstić information content (AvgIpc) is 2.57. The number of hydrogen-bond donors (Lipinski definition) is 1. The molecule has 5 heteroatoms. The molecule has 0 fully saturated rings. The average molecular weight is 332 g/mol. The predicted octanol–water partition coefficient (Wildman–Crippen LogP) is 3.99. The van der Waals surface area contributed by atoms with Crippen molar-refractivity contribution in [3.05, 3.63) is 65.2 Å². The van der Waals surface area contributed by atoms with Gasteiger partial charge in [0, 0.05) is 31.3 Å². The highest BCUT2D eigenvalue weighted by Crippen LogP contribution is 2.13. The second kappa shape index (κ2) is 8.55. The number of carbonyl (C=O) groups is 1. The number of aryl methyl sites for hydroxylation is 1. The van der Waals surface area contributed by atoms with Gasteiger partial charge in [-0.1, -0.05) is 31.2 Å². The van der Waals surface area contributed by atoms with E-state index in [2.05, 4.69) is 36.5 Å². The van der Waals surface area contributed by atoms with Gasteiger partial charge in [0.1, 0.15) is 0 Å². The van der Waals surface area contributed by atoms with Crippen molar-refractivity contribution >= 4 is 11.6 Å². The molecule has 0 heterocycles. The number of nitrogens with zero attached hydrogens (tertiary/aromatic N) is 1. The van der Waals surface area contributed by atoms with Crippen LogP contribution >= 0.6 is 0 Å². The summed E-state index contributed by atoms with van der Waals surface area (Å²) < 4.78 is 26.0. The van der Waals surface area contributed by atoms with Crippen LogP contribution in [0.4, 0.5) is 14.5 Å². The molecular formula is C19H22F2N2O. The molecule has 0 saturated carbocycles. The van der Waals surface area contributed by atoms with Crippen molar-refractivity contribution in [2.24, 2.45) is 0 Å². The summed E-state index contributed by atoms with van der Waals surface area (Å²) in [4.78, 5) is 13.9. The molecule has 0 atom stereocenters. The fourth-order valence-corrected chi connectivity index (χ4v) is 2.36. The third-order valence-corrected chi connectivity index (χ3v) is 3.81. The van der Waals surface area contributed by atoms with E-state index < -0.39 is 11.6 Å². The minimum absolute atomic E-state index is 0.228. The third kappa shape index (κ3) is 5.42. The molecule has 24 heavy (non-hydrogen) atoms. The summed E-state index contributed by atoms with van der Waals surface area (Å²) in [6.07, 6.45) is 1.29. The summed E-state index contributed by atoms with van der Waals surface area (Å²) in [5, 5.41) is 2.57. The Morgan fingerprint density at radius 1 is 1.04 bits per heavy atom. The van der Waals surface area contributed by atoms with Gasteiger partial charge in [-0.15, -0.1) is 0 Å². The van der Waals surface area contributed by atoms with Crippen LogP contribution < -0.4 is 5.32 Å². The van der Waals surface area contributed by atoms with Crippen molar-refractivity contribution in [1.82, 2.24) is 4.90 Å². The van der Waals surface area contributed by atoms with Crippen molar-refractivity contribution in [1.29, 1.82) is 0 Å². The Labute approximate surface area is 141 Å². The molecule has 1 N–H and O–H groups in total. The molecule has 0 aliphatic rings. The molecule has 1 amide bonds. The van der Waals surface area contributed by atoms with Crippen molar-refractivity contribution in [2.75, 3.05) is 18.9 Å². The number of hydrogen-bond acceptors (Lipinski definition) is 2. The third-order valence-electron chi connectivity index (χ3n) is 3.81.